The van der Waals surface area contributed by atoms with E-state index in [-0.39, 0.29) is 6.54 Å². The molecule has 0 amide bonds. The second-order valence-electron chi connectivity index (χ2n) is 5.02. The Morgan fingerprint density at radius 2 is 2.14 bits per heavy atom. The third-order valence-electron chi connectivity index (χ3n) is 3.57. The summed E-state index contributed by atoms with van der Waals surface area (Å²) in [6.45, 7) is 0.686. The smallest absolute Gasteiger partial charge is 0.164 e. The number of benzene rings is 1. The van der Waals surface area contributed by atoms with Crippen molar-refractivity contribution in [2.24, 2.45) is 5.73 Å². The maximum Gasteiger partial charge on any atom is 0.164 e. The van der Waals surface area contributed by atoms with E-state index < -0.39 is 32.9 Å². The molecule has 1 saturated heterocycles. The lowest BCUT2D eigenvalue weighted by Gasteiger charge is -2.39. The van der Waals surface area contributed by atoms with Gasteiger partial charge in [-0.3, -0.25) is 4.90 Å². The van der Waals surface area contributed by atoms with E-state index in [1.807, 2.05) is 0 Å². The van der Waals surface area contributed by atoms with Crippen LogP contribution < -0.4 is 5.73 Å². The Hall–Kier alpha value is -0.700. The summed E-state index contributed by atoms with van der Waals surface area (Å²) < 4.78 is 50.4. The van der Waals surface area contributed by atoms with Crippen LogP contribution in [0.15, 0.2) is 18.2 Å². The standard InChI is InChI=1S/C13H18F2N2O2S2/c1-21(18,19)13-8-20-5-4-17(13)12(7-16)9-2-3-10(14)11(15)6-9/h2-3,6,12-13H,4-5,7-8,16H2,1H3. The Morgan fingerprint density at radius 3 is 2.71 bits per heavy atom. The SMILES string of the molecule is CS(=O)(=O)C1CSCCN1C(CN)c1ccc(F)c(F)c1. The van der Waals surface area contributed by atoms with Gasteiger partial charge in [0.1, 0.15) is 5.37 Å². The largest absolute Gasteiger partial charge is 0.329 e. The van der Waals surface area contributed by atoms with Crippen LogP contribution in [0.25, 0.3) is 0 Å². The lowest BCUT2D eigenvalue weighted by molar-refractivity contribution is 0.197. The summed E-state index contributed by atoms with van der Waals surface area (Å²) in [6, 6.07) is 3.15. The third-order valence-corrected chi connectivity index (χ3v) is 6.23. The summed E-state index contributed by atoms with van der Waals surface area (Å²) in [5.41, 5.74) is 6.27. The predicted molar refractivity (Wildman–Crippen MR) is 80.8 cm³/mol. The van der Waals surface area contributed by atoms with Gasteiger partial charge in [0, 0.05) is 36.9 Å². The zero-order valence-corrected chi connectivity index (χ0v) is 13.3. The van der Waals surface area contributed by atoms with Crippen LogP contribution in [0.3, 0.4) is 0 Å². The minimum atomic E-state index is -3.27. The lowest BCUT2D eigenvalue weighted by Crippen LogP contribution is -2.50. The van der Waals surface area contributed by atoms with Gasteiger partial charge in [-0.1, -0.05) is 6.07 Å². The molecule has 4 nitrogen and oxygen atoms in total. The highest BCUT2D eigenvalue weighted by molar-refractivity contribution is 8.00. The molecule has 0 radical (unpaired) electrons. The van der Waals surface area contributed by atoms with Crippen LogP contribution in [-0.4, -0.2) is 49.5 Å². The summed E-state index contributed by atoms with van der Waals surface area (Å²) in [5.74, 6) is -0.637. The second kappa shape index (κ2) is 6.60. The van der Waals surface area contributed by atoms with Crippen molar-refractivity contribution in [3.63, 3.8) is 0 Å². The van der Waals surface area contributed by atoms with Gasteiger partial charge in [0.2, 0.25) is 0 Å². The number of nitrogens with zero attached hydrogens (tertiary/aromatic N) is 1. The van der Waals surface area contributed by atoms with Crippen LogP contribution in [-0.2, 0) is 9.84 Å². The maximum absolute atomic E-state index is 13.4. The zero-order valence-electron chi connectivity index (χ0n) is 11.6. The normalized spacial score (nSPS) is 22.2. The van der Waals surface area contributed by atoms with Crippen molar-refractivity contribution in [2.75, 3.05) is 30.9 Å². The summed E-state index contributed by atoms with van der Waals surface area (Å²) in [5, 5.41) is -0.655. The van der Waals surface area contributed by atoms with E-state index in [0.717, 1.165) is 17.9 Å². The monoisotopic (exact) mass is 336 g/mol. The molecule has 1 aromatic rings. The average molecular weight is 336 g/mol. The highest BCUT2D eigenvalue weighted by Crippen LogP contribution is 2.30. The molecule has 2 atom stereocenters. The highest BCUT2D eigenvalue weighted by atomic mass is 32.2. The van der Waals surface area contributed by atoms with Crippen LogP contribution in [0.2, 0.25) is 0 Å². The van der Waals surface area contributed by atoms with Gasteiger partial charge in [0.25, 0.3) is 0 Å². The fourth-order valence-corrected chi connectivity index (χ4v) is 5.42. The lowest BCUT2D eigenvalue weighted by atomic mass is 10.0. The van der Waals surface area contributed by atoms with Gasteiger partial charge in [-0.15, -0.1) is 0 Å². The second-order valence-corrected chi connectivity index (χ2v) is 8.38. The van der Waals surface area contributed by atoms with E-state index in [0.29, 0.717) is 17.9 Å². The molecule has 1 aliphatic heterocycles. The van der Waals surface area contributed by atoms with E-state index in [1.165, 1.54) is 12.3 Å². The first-order chi connectivity index (χ1) is 9.84. The van der Waals surface area contributed by atoms with Gasteiger partial charge >= 0.3 is 0 Å². The molecule has 2 unspecified atom stereocenters. The molecule has 0 aliphatic carbocycles. The number of hydrogen-bond acceptors (Lipinski definition) is 5. The number of sulfone groups is 1. The van der Waals surface area contributed by atoms with Crippen molar-refractivity contribution in [1.29, 1.82) is 0 Å². The number of rotatable bonds is 4. The molecule has 0 spiro atoms. The van der Waals surface area contributed by atoms with Crippen LogP contribution in [0.5, 0.6) is 0 Å². The van der Waals surface area contributed by atoms with Crippen molar-refractivity contribution in [3.8, 4) is 0 Å². The number of nitrogens with two attached hydrogens (primary N) is 1. The van der Waals surface area contributed by atoms with Gasteiger partial charge in [-0.05, 0) is 17.7 Å². The fraction of sp³-hybridized carbons (Fsp3) is 0.538. The summed E-state index contributed by atoms with van der Waals surface area (Å²) in [7, 11) is -3.27. The Kier molecular flexibility index (Phi) is 5.24. The van der Waals surface area contributed by atoms with Gasteiger partial charge < -0.3 is 5.73 Å². The molecule has 2 N–H and O–H groups in total. The van der Waals surface area contributed by atoms with Crippen molar-refractivity contribution in [1.82, 2.24) is 4.90 Å². The first-order valence-electron chi connectivity index (χ1n) is 6.52. The Balaban J connectivity index is 2.36. The third kappa shape index (κ3) is 3.74. The first kappa shape index (κ1) is 16.7. The molecule has 1 aromatic carbocycles. The fourth-order valence-electron chi connectivity index (χ4n) is 2.50. The van der Waals surface area contributed by atoms with Crippen LogP contribution >= 0.6 is 11.8 Å². The molecule has 8 heteroatoms. The van der Waals surface area contributed by atoms with Crippen LogP contribution in [0.1, 0.15) is 11.6 Å². The molecule has 0 bridgehead atoms. The van der Waals surface area contributed by atoms with Gasteiger partial charge in [0.05, 0.1) is 0 Å². The minimum Gasteiger partial charge on any atom is -0.329 e. The van der Waals surface area contributed by atoms with Gasteiger partial charge in [-0.2, -0.15) is 11.8 Å². The maximum atomic E-state index is 13.4. The molecule has 1 heterocycles. The average Bonchev–Trinajstić information content (AvgIpc) is 2.43. The zero-order chi connectivity index (χ0) is 15.6. The van der Waals surface area contributed by atoms with Crippen molar-refractivity contribution < 1.29 is 17.2 Å². The van der Waals surface area contributed by atoms with Crippen molar-refractivity contribution in [3.05, 3.63) is 35.4 Å². The van der Waals surface area contributed by atoms with Crippen molar-refractivity contribution >= 4 is 21.6 Å². The molecule has 0 aromatic heterocycles. The minimum absolute atomic E-state index is 0.141. The van der Waals surface area contributed by atoms with Crippen molar-refractivity contribution in [2.45, 2.75) is 11.4 Å². The summed E-state index contributed by atoms with van der Waals surface area (Å²) in [4.78, 5) is 1.78. The molecular weight excluding hydrogens is 318 g/mol. The molecule has 1 fully saturated rings. The summed E-state index contributed by atoms with van der Waals surface area (Å²) in [6.07, 6.45) is 1.19. The Labute approximate surface area is 127 Å². The molecule has 21 heavy (non-hydrogen) atoms. The van der Waals surface area contributed by atoms with E-state index in [9.17, 15) is 17.2 Å². The number of thioether (sulfide) groups is 1. The van der Waals surface area contributed by atoms with E-state index >= 15 is 0 Å². The van der Waals surface area contributed by atoms with E-state index in [4.69, 9.17) is 5.73 Å². The number of halogens is 2. The molecule has 0 saturated carbocycles. The first-order valence-corrected chi connectivity index (χ1v) is 9.63. The molecular formula is C13H18F2N2O2S2. The van der Waals surface area contributed by atoms with E-state index in [2.05, 4.69) is 0 Å². The molecule has 118 valence electrons. The van der Waals surface area contributed by atoms with E-state index in [1.54, 1.807) is 16.7 Å². The highest BCUT2D eigenvalue weighted by Gasteiger charge is 2.35. The van der Waals surface area contributed by atoms with Crippen LogP contribution in [0.4, 0.5) is 8.78 Å². The topological polar surface area (TPSA) is 63.4 Å². The predicted octanol–water partition coefficient (Wildman–Crippen LogP) is 1.38. The summed E-state index contributed by atoms with van der Waals surface area (Å²) >= 11 is 1.57. The van der Waals surface area contributed by atoms with Crippen LogP contribution in [0, 0.1) is 11.6 Å². The Morgan fingerprint density at radius 1 is 1.43 bits per heavy atom. The van der Waals surface area contributed by atoms with Gasteiger partial charge in [-0.25, -0.2) is 17.2 Å². The molecule has 2 rings (SSSR count). The van der Waals surface area contributed by atoms with Gasteiger partial charge in [0.15, 0.2) is 21.5 Å². The number of hydrogen-bond donors (Lipinski definition) is 1. The Bertz CT molecular complexity index is 610. The molecule has 1 aliphatic rings. The quantitative estimate of drug-likeness (QED) is 0.900.